The number of nitro groups is 1. The smallest absolute Gasteiger partial charge is 0.269 e. The van der Waals surface area contributed by atoms with Crippen LogP contribution >= 0.6 is 23.1 Å². The van der Waals surface area contributed by atoms with Crippen molar-refractivity contribution in [2.75, 3.05) is 18.4 Å². The van der Waals surface area contributed by atoms with Crippen LogP contribution in [-0.2, 0) is 11.2 Å². The Bertz CT molecular complexity index is 1220. The second-order valence-electron chi connectivity index (χ2n) is 9.63. The topological polar surface area (TPSA) is 114 Å². The van der Waals surface area contributed by atoms with E-state index in [9.17, 15) is 14.9 Å². The first-order valence-corrected chi connectivity index (χ1v) is 13.2. The third-order valence-corrected chi connectivity index (χ3v) is 7.91. The number of non-ortho nitro benzene ring substituents is 1. The lowest BCUT2D eigenvalue weighted by atomic mass is 9.94. The quantitative estimate of drug-likeness (QED) is 0.244. The fourth-order valence-corrected chi connectivity index (χ4v) is 5.68. The number of aryl methyl sites for hydroxylation is 1. The van der Waals surface area contributed by atoms with E-state index in [4.69, 9.17) is 4.42 Å². The van der Waals surface area contributed by atoms with Crippen LogP contribution in [0.5, 0.6) is 0 Å². The molecular formula is C24H29N5O4S2. The molecule has 1 N–H and O–H groups in total. The fourth-order valence-electron chi connectivity index (χ4n) is 3.88. The van der Waals surface area contributed by atoms with E-state index < -0.39 is 4.92 Å². The SMILES string of the molecule is Cc1cc([N+](=O)[O-])ccc1C(=O)N1CCCC(Nc2ncc(SCc3ncc(C(C)(C)C)o3)s2)C1. The van der Waals surface area contributed by atoms with E-state index in [1.807, 2.05) is 11.1 Å². The molecule has 1 fully saturated rings. The van der Waals surface area contributed by atoms with Crippen LogP contribution in [0, 0.1) is 17.0 Å². The molecule has 3 heterocycles. The van der Waals surface area contributed by atoms with Crippen LogP contribution in [0.2, 0.25) is 0 Å². The molecule has 0 bridgehead atoms. The number of piperidine rings is 1. The molecule has 1 aromatic carbocycles. The van der Waals surface area contributed by atoms with Crippen LogP contribution in [0.4, 0.5) is 10.8 Å². The molecule has 1 aliphatic rings. The van der Waals surface area contributed by atoms with E-state index in [-0.39, 0.29) is 23.1 Å². The molecule has 0 saturated carbocycles. The van der Waals surface area contributed by atoms with Crippen LogP contribution in [0.25, 0.3) is 0 Å². The largest absolute Gasteiger partial charge is 0.444 e. The van der Waals surface area contributed by atoms with Crippen molar-refractivity contribution < 1.29 is 14.1 Å². The standard InChI is InChI=1S/C24H29N5O4S2/c1-15-10-17(29(31)32)7-8-18(15)22(30)28-9-5-6-16(13-28)27-23-26-12-21(35-23)34-14-20-25-11-19(33-20)24(2,3)4/h7-8,10-12,16H,5-6,9,13-14H2,1-4H3,(H,26,27). The predicted octanol–water partition coefficient (Wildman–Crippen LogP) is 5.65. The second-order valence-corrected chi connectivity index (χ2v) is 11.9. The Morgan fingerprint density at radius 1 is 1.34 bits per heavy atom. The summed E-state index contributed by atoms with van der Waals surface area (Å²) >= 11 is 3.21. The number of likely N-dealkylation sites (tertiary alicyclic amines) is 1. The Balaban J connectivity index is 1.33. The third kappa shape index (κ3) is 6.21. The Morgan fingerprint density at radius 3 is 2.83 bits per heavy atom. The molecule has 3 aromatic rings. The molecule has 2 aromatic heterocycles. The monoisotopic (exact) mass is 515 g/mol. The summed E-state index contributed by atoms with van der Waals surface area (Å²) in [7, 11) is 0. The van der Waals surface area contributed by atoms with Crippen molar-refractivity contribution in [3.8, 4) is 0 Å². The number of aromatic nitrogens is 2. The summed E-state index contributed by atoms with van der Waals surface area (Å²) in [5, 5.41) is 15.3. The highest BCUT2D eigenvalue weighted by molar-refractivity contribution is 8.00. The van der Waals surface area contributed by atoms with Gasteiger partial charge in [-0.25, -0.2) is 9.97 Å². The molecule has 11 heteroatoms. The Morgan fingerprint density at radius 2 is 2.14 bits per heavy atom. The summed E-state index contributed by atoms with van der Waals surface area (Å²) in [6, 6.07) is 4.48. The normalized spacial score (nSPS) is 16.3. The lowest BCUT2D eigenvalue weighted by Gasteiger charge is -2.33. The van der Waals surface area contributed by atoms with Crippen molar-refractivity contribution in [1.29, 1.82) is 0 Å². The molecule has 0 radical (unpaired) electrons. The number of nitrogens with one attached hydrogen (secondary N) is 1. The molecule has 1 unspecified atom stereocenters. The molecule has 9 nitrogen and oxygen atoms in total. The minimum Gasteiger partial charge on any atom is -0.444 e. The number of carbonyl (C=O) groups is 1. The van der Waals surface area contributed by atoms with Crippen molar-refractivity contribution in [3.63, 3.8) is 0 Å². The molecular weight excluding hydrogens is 486 g/mol. The van der Waals surface area contributed by atoms with Gasteiger partial charge in [0.25, 0.3) is 11.6 Å². The summed E-state index contributed by atoms with van der Waals surface area (Å²) < 4.78 is 6.92. The van der Waals surface area contributed by atoms with Crippen LogP contribution in [0.1, 0.15) is 61.2 Å². The third-order valence-electron chi connectivity index (χ3n) is 5.80. The molecule has 4 rings (SSSR count). The van der Waals surface area contributed by atoms with Gasteiger partial charge < -0.3 is 14.6 Å². The van der Waals surface area contributed by atoms with Gasteiger partial charge in [0.2, 0.25) is 5.89 Å². The van der Waals surface area contributed by atoms with Crippen LogP contribution in [-0.4, -0.2) is 44.8 Å². The summed E-state index contributed by atoms with van der Waals surface area (Å²) in [6.45, 7) is 9.25. The summed E-state index contributed by atoms with van der Waals surface area (Å²) in [4.78, 5) is 34.3. The minimum absolute atomic E-state index is 0.00727. The lowest BCUT2D eigenvalue weighted by molar-refractivity contribution is -0.384. The molecule has 0 aliphatic carbocycles. The predicted molar refractivity (Wildman–Crippen MR) is 137 cm³/mol. The maximum absolute atomic E-state index is 13.1. The molecule has 1 atom stereocenters. The number of nitrogens with zero attached hydrogens (tertiary/aromatic N) is 4. The molecule has 0 spiro atoms. The number of thioether (sulfide) groups is 1. The van der Waals surface area contributed by atoms with Crippen LogP contribution in [0.15, 0.2) is 39.2 Å². The summed E-state index contributed by atoms with van der Waals surface area (Å²) in [6.07, 6.45) is 5.46. The van der Waals surface area contributed by atoms with Gasteiger partial charge >= 0.3 is 0 Å². The van der Waals surface area contributed by atoms with Gasteiger partial charge in [-0.05, 0) is 31.4 Å². The number of amides is 1. The van der Waals surface area contributed by atoms with Gasteiger partial charge in [0, 0.05) is 42.2 Å². The number of hydrogen-bond donors (Lipinski definition) is 1. The Kier molecular flexibility index (Phi) is 7.46. The van der Waals surface area contributed by atoms with Crippen molar-refractivity contribution in [2.45, 2.75) is 62.0 Å². The van der Waals surface area contributed by atoms with E-state index in [0.717, 1.165) is 27.9 Å². The van der Waals surface area contributed by atoms with Crippen molar-refractivity contribution in [1.82, 2.24) is 14.9 Å². The van der Waals surface area contributed by atoms with E-state index >= 15 is 0 Å². The first kappa shape index (κ1) is 25.2. The van der Waals surface area contributed by atoms with Gasteiger partial charge in [-0.2, -0.15) is 0 Å². The van der Waals surface area contributed by atoms with Gasteiger partial charge in [-0.3, -0.25) is 14.9 Å². The molecule has 1 saturated heterocycles. The van der Waals surface area contributed by atoms with Crippen LogP contribution in [0.3, 0.4) is 0 Å². The minimum atomic E-state index is -0.447. The van der Waals surface area contributed by atoms with E-state index in [1.54, 1.807) is 42.3 Å². The van der Waals surface area contributed by atoms with Gasteiger partial charge in [0.1, 0.15) is 5.76 Å². The van der Waals surface area contributed by atoms with E-state index in [1.165, 1.54) is 12.1 Å². The van der Waals surface area contributed by atoms with Gasteiger partial charge in [0.15, 0.2) is 5.13 Å². The number of hydrogen-bond acceptors (Lipinski definition) is 9. The van der Waals surface area contributed by atoms with E-state index in [2.05, 4.69) is 36.1 Å². The van der Waals surface area contributed by atoms with Crippen LogP contribution < -0.4 is 5.32 Å². The number of rotatable bonds is 7. The zero-order chi connectivity index (χ0) is 25.2. The second kappa shape index (κ2) is 10.4. The Hall–Kier alpha value is -2.92. The number of thiazole rings is 1. The fraction of sp³-hybridized carbons (Fsp3) is 0.458. The highest BCUT2D eigenvalue weighted by Crippen LogP contribution is 2.32. The number of oxazole rings is 1. The van der Waals surface area contributed by atoms with Gasteiger partial charge in [-0.15, -0.1) is 11.8 Å². The van der Waals surface area contributed by atoms with Crippen molar-refractivity contribution in [2.24, 2.45) is 0 Å². The number of anilines is 1. The zero-order valence-corrected chi connectivity index (χ0v) is 21.9. The maximum atomic E-state index is 13.1. The van der Waals surface area contributed by atoms with Gasteiger partial charge in [-0.1, -0.05) is 32.1 Å². The van der Waals surface area contributed by atoms with Gasteiger partial charge in [0.05, 0.1) is 27.3 Å². The first-order chi connectivity index (χ1) is 16.6. The van der Waals surface area contributed by atoms with Crippen molar-refractivity contribution in [3.05, 3.63) is 63.5 Å². The average molecular weight is 516 g/mol. The zero-order valence-electron chi connectivity index (χ0n) is 20.2. The molecule has 35 heavy (non-hydrogen) atoms. The number of nitro benzene ring substituents is 1. The summed E-state index contributed by atoms with van der Waals surface area (Å²) in [5.74, 6) is 2.11. The van der Waals surface area contributed by atoms with E-state index in [0.29, 0.717) is 35.9 Å². The molecule has 1 aliphatic heterocycles. The lowest BCUT2D eigenvalue weighted by Crippen LogP contribution is -2.45. The molecule has 186 valence electrons. The first-order valence-electron chi connectivity index (χ1n) is 11.4. The highest BCUT2D eigenvalue weighted by Gasteiger charge is 2.26. The summed E-state index contributed by atoms with van der Waals surface area (Å²) in [5.41, 5.74) is 1.04. The number of carbonyl (C=O) groups excluding carboxylic acids is 1. The maximum Gasteiger partial charge on any atom is 0.269 e. The average Bonchev–Trinajstić information content (AvgIpc) is 3.47. The number of benzene rings is 1. The van der Waals surface area contributed by atoms with Crippen molar-refractivity contribution >= 4 is 39.8 Å². The molecule has 1 amide bonds. The highest BCUT2D eigenvalue weighted by atomic mass is 32.2. The Labute approximate surface area is 212 Å².